The third kappa shape index (κ3) is 4.25. The molecule has 0 saturated heterocycles. The van der Waals surface area contributed by atoms with Crippen LogP contribution >= 0.6 is 0 Å². The van der Waals surface area contributed by atoms with E-state index in [2.05, 4.69) is 23.3 Å². The second-order valence-electron chi connectivity index (χ2n) is 4.56. The van der Waals surface area contributed by atoms with Crippen molar-refractivity contribution >= 4 is 11.6 Å². The van der Waals surface area contributed by atoms with Crippen LogP contribution in [0.25, 0.3) is 0 Å². The Labute approximate surface area is 114 Å². The van der Waals surface area contributed by atoms with Crippen LogP contribution in [0.5, 0.6) is 0 Å². The van der Waals surface area contributed by atoms with Gasteiger partial charge >= 0.3 is 0 Å². The summed E-state index contributed by atoms with van der Waals surface area (Å²) in [5.41, 5.74) is 1.34. The molecule has 0 aromatic carbocycles. The fourth-order valence-corrected chi connectivity index (χ4v) is 1.72. The van der Waals surface area contributed by atoms with Crippen LogP contribution in [0, 0.1) is 17.2 Å². The highest BCUT2D eigenvalue weighted by Crippen LogP contribution is 2.16. The van der Waals surface area contributed by atoms with Crippen LogP contribution in [-0.2, 0) is 0 Å². The Morgan fingerprint density at radius 1 is 1.63 bits per heavy atom. The van der Waals surface area contributed by atoms with Gasteiger partial charge in [0.2, 0.25) is 0 Å². The Morgan fingerprint density at radius 3 is 3.00 bits per heavy atom. The highest BCUT2D eigenvalue weighted by atomic mass is 16.2. The van der Waals surface area contributed by atoms with Gasteiger partial charge in [0.1, 0.15) is 0 Å². The van der Waals surface area contributed by atoms with E-state index in [1.54, 1.807) is 37.3 Å². The Bertz CT molecular complexity index is 467. The molecule has 0 fully saturated rings. The fourth-order valence-electron chi connectivity index (χ4n) is 1.72. The summed E-state index contributed by atoms with van der Waals surface area (Å²) in [5.74, 6) is -0.300. The standard InChI is InChI=1S/C14H20N4O/c1-4-6-17-13-5-7-16-9-12(13)14(19)18(3)10-11(2)8-15/h5,7,9,11H,4,6,10H2,1-3H3,(H,16,17). The highest BCUT2D eigenvalue weighted by molar-refractivity contribution is 5.99. The maximum Gasteiger partial charge on any atom is 0.257 e. The number of nitrogens with zero attached hydrogens (tertiary/aromatic N) is 3. The lowest BCUT2D eigenvalue weighted by Crippen LogP contribution is -2.31. The minimum Gasteiger partial charge on any atom is -0.384 e. The number of hydrogen-bond donors (Lipinski definition) is 1. The molecule has 1 heterocycles. The molecule has 1 atom stereocenters. The smallest absolute Gasteiger partial charge is 0.257 e. The number of nitrogens with one attached hydrogen (secondary N) is 1. The number of amides is 1. The van der Waals surface area contributed by atoms with E-state index in [1.807, 2.05) is 0 Å². The summed E-state index contributed by atoms with van der Waals surface area (Å²) in [6, 6.07) is 3.92. The van der Waals surface area contributed by atoms with Crippen LogP contribution < -0.4 is 5.32 Å². The quantitative estimate of drug-likeness (QED) is 0.850. The van der Waals surface area contributed by atoms with E-state index in [0.29, 0.717) is 12.1 Å². The lowest BCUT2D eigenvalue weighted by Gasteiger charge is -2.20. The summed E-state index contributed by atoms with van der Waals surface area (Å²) < 4.78 is 0. The Balaban J connectivity index is 2.84. The molecule has 1 aromatic rings. The van der Waals surface area contributed by atoms with Crippen molar-refractivity contribution in [1.29, 1.82) is 5.26 Å². The van der Waals surface area contributed by atoms with Gasteiger partial charge in [0, 0.05) is 32.5 Å². The number of nitriles is 1. The molecule has 0 spiro atoms. The second kappa shape index (κ2) is 7.37. The molecule has 0 aliphatic heterocycles. The SMILES string of the molecule is CCCNc1ccncc1C(=O)N(C)CC(C)C#N. The van der Waals surface area contributed by atoms with Crippen molar-refractivity contribution in [2.75, 3.05) is 25.5 Å². The van der Waals surface area contributed by atoms with E-state index >= 15 is 0 Å². The molecule has 102 valence electrons. The molecule has 1 aromatic heterocycles. The zero-order chi connectivity index (χ0) is 14.3. The van der Waals surface area contributed by atoms with Gasteiger partial charge in [-0.3, -0.25) is 9.78 Å². The van der Waals surface area contributed by atoms with Crippen molar-refractivity contribution in [1.82, 2.24) is 9.88 Å². The van der Waals surface area contributed by atoms with Crippen molar-refractivity contribution in [3.8, 4) is 6.07 Å². The van der Waals surface area contributed by atoms with E-state index in [-0.39, 0.29) is 11.8 Å². The topological polar surface area (TPSA) is 69.0 Å². The molecule has 0 bridgehead atoms. The molecular formula is C14H20N4O. The first-order valence-corrected chi connectivity index (χ1v) is 6.43. The van der Waals surface area contributed by atoms with E-state index in [1.165, 1.54) is 0 Å². The molecule has 0 aliphatic carbocycles. The molecule has 0 saturated carbocycles. The third-order valence-corrected chi connectivity index (χ3v) is 2.73. The average Bonchev–Trinajstić information content (AvgIpc) is 2.44. The van der Waals surface area contributed by atoms with E-state index in [4.69, 9.17) is 5.26 Å². The lowest BCUT2D eigenvalue weighted by atomic mass is 10.1. The molecule has 19 heavy (non-hydrogen) atoms. The molecule has 5 nitrogen and oxygen atoms in total. The maximum absolute atomic E-state index is 12.3. The van der Waals surface area contributed by atoms with Gasteiger partial charge in [-0.25, -0.2) is 0 Å². The molecule has 1 rings (SSSR count). The van der Waals surface area contributed by atoms with E-state index < -0.39 is 0 Å². The summed E-state index contributed by atoms with van der Waals surface area (Å²) in [5, 5.41) is 12.0. The summed E-state index contributed by atoms with van der Waals surface area (Å²) >= 11 is 0. The maximum atomic E-state index is 12.3. The summed E-state index contributed by atoms with van der Waals surface area (Å²) in [7, 11) is 1.70. The number of pyridine rings is 1. The normalized spacial score (nSPS) is 11.5. The van der Waals surface area contributed by atoms with E-state index in [0.717, 1.165) is 18.7 Å². The minimum absolute atomic E-state index is 0.117. The van der Waals surface area contributed by atoms with Crippen molar-refractivity contribution in [2.24, 2.45) is 5.92 Å². The van der Waals surface area contributed by atoms with Gasteiger partial charge in [-0.1, -0.05) is 6.92 Å². The number of carbonyl (C=O) groups is 1. The number of rotatable bonds is 6. The van der Waals surface area contributed by atoms with Gasteiger partial charge in [-0.05, 0) is 19.4 Å². The molecule has 1 unspecified atom stereocenters. The molecule has 5 heteroatoms. The average molecular weight is 260 g/mol. The summed E-state index contributed by atoms with van der Waals surface area (Å²) in [6.45, 7) is 5.08. The number of anilines is 1. The highest BCUT2D eigenvalue weighted by Gasteiger charge is 2.17. The number of carbonyl (C=O) groups excluding carboxylic acids is 1. The third-order valence-electron chi connectivity index (χ3n) is 2.73. The number of aromatic nitrogens is 1. The van der Waals surface area contributed by atoms with Crippen molar-refractivity contribution in [3.63, 3.8) is 0 Å². The van der Waals surface area contributed by atoms with Crippen LogP contribution in [0.1, 0.15) is 30.6 Å². The van der Waals surface area contributed by atoms with Gasteiger partial charge in [0.25, 0.3) is 5.91 Å². The Kier molecular flexibility index (Phi) is 5.80. The summed E-state index contributed by atoms with van der Waals surface area (Å²) in [4.78, 5) is 17.9. The van der Waals surface area contributed by atoms with Gasteiger partial charge in [-0.2, -0.15) is 5.26 Å². The second-order valence-corrected chi connectivity index (χ2v) is 4.56. The van der Waals surface area contributed by atoms with E-state index in [9.17, 15) is 4.79 Å². The van der Waals surface area contributed by atoms with Gasteiger partial charge in [-0.15, -0.1) is 0 Å². The fraction of sp³-hybridized carbons (Fsp3) is 0.500. The predicted octanol–water partition coefficient (Wildman–Crippen LogP) is 2.14. The van der Waals surface area contributed by atoms with Crippen LogP contribution in [0.2, 0.25) is 0 Å². The molecule has 1 N–H and O–H groups in total. The molecule has 0 aliphatic rings. The monoisotopic (exact) mass is 260 g/mol. The van der Waals surface area contributed by atoms with Crippen LogP contribution in [-0.4, -0.2) is 35.9 Å². The largest absolute Gasteiger partial charge is 0.384 e. The van der Waals surface area contributed by atoms with Crippen molar-refractivity contribution in [2.45, 2.75) is 20.3 Å². The van der Waals surface area contributed by atoms with Gasteiger partial charge < -0.3 is 10.2 Å². The molecule has 0 radical (unpaired) electrons. The zero-order valence-electron chi connectivity index (χ0n) is 11.7. The predicted molar refractivity (Wildman–Crippen MR) is 74.8 cm³/mol. The Hall–Kier alpha value is -2.09. The van der Waals surface area contributed by atoms with Gasteiger partial charge in [0.15, 0.2) is 0 Å². The summed E-state index contributed by atoms with van der Waals surface area (Å²) in [6.07, 6.45) is 4.21. The van der Waals surface area contributed by atoms with Crippen LogP contribution in [0.4, 0.5) is 5.69 Å². The van der Waals surface area contributed by atoms with Crippen molar-refractivity contribution < 1.29 is 4.79 Å². The van der Waals surface area contributed by atoms with Crippen LogP contribution in [0.15, 0.2) is 18.5 Å². The first-order chi connectivity index (χ1) is 9.10. The van der Waals surface area contributed by atoms with Crippen LogP contribution in [0.3, 0.4) is 0 Å². The molecular weight excluding hydrogens is 240 g/mol. The lowest BCUT2D eigenvalue weighted by molar-refractivity contribution is 0.0785. The molecule has 1 amide bonds. The van der Waals surface area contributed by atoms with Gasteiger partial charge in [0.05, 0.1) is 23.2 Å². The first-order valence-electron chi connectivity index (χ1n) is 6.43. The zero-order valence-corrected chi connectivity index (χ0v) is 11.7. The number of hydrogen-bond acceptors (Lipinski definition) is 4. The van der Waals surface area contributed by atoms with Crippen molar-refractivity contribution in [3.05, 3.63) is 24.0 Å². The first kappa shape index (κ1) is 15.0. The minimum atomic E-state index is -0.183. The Morgan fingerprint density at radius 2 is 2.37 bits per heavy atom.